The maximum absolute atomic E-state index is 12.1. The van der Waals surface area contributed by atoms with E-state index in [0.717, 1.165) is 12.3 Å². The summed E-state index contributed by atoms with van der Waals surface area (Å²) in [5, 5.41) is 7.93. The summed E-state index contributed by atoms with van der Waals surface area (Å²) in [6, 6.07) is 1.33. The van der Waals surface area contributed by atoms with Gasteiger partial charge in [-0.1, -0.05) is 19.3 Å². The Kier molecular flexibility index (Phi) is 4.49. The topological polar surface area (TPSA) is 94.2 Å². The molecular weight excluding hydrogens is 278 g/mol. The summed E-state index contributed by atoms with van der Waals surface area (Å²) < 4.78 is 24.2. The summed E-state index contributed by atoms with van der Waals surface area (Å²) >= 11 is 0. The van der Waals surface area contributed by atoms with Crippen molar-refractivity contribution in [2.75, 3.05) is 6.54 Å². The van der Waals surface area contributed by atoms with Gasteiger partial charge < -0.3 is 9.88 Å². The van der Waals surface area contributed by atoms with Crippen LogP contribution in [0.3, 0.4) is 0 Å². The van der Waals surface area contributed by atoms with Gasteiger partial charge in [-0.3, -0.25) is 4.79 Å². The van der Waals surface area contributed by atoms with Crippen LogP contribution in [-0.2, 0) is 16.6 Å². The van der Waals surface area contributed by atoms with Crippen molar-refractivity contribution in [3.8, 4) is 0 Å². The number of hydrogen-bond donors (Lipinski definition) is 2. The molecule has 0 bridgehead atoms. The number of primary sulfonamides is 1. The first-order valence-corrected chi connectivity index (χ1v) is 8.47. The number of hydrogen-bond acceptors (Lipinski definition) is 3. The molecular formula is C13H21N3O3S. The van der Waals surface area contributed by atoms with Gasteiger partial charge in [0.15, 0.2) is 0 Å². The van der Waals surface area contributed by atoms with Crippen LogP contribution in [0, 0.1) is 5.92 Å². The monoisotopic (exact) mass is 299 g/mol. The van der Waals surface area contributed by atoms with Crippen molar-refractivity contribution in [3.63, 3.8) is 0 Å². The quantitative estimate of drug-likeness (QED) is 0.822. The van der Waals surface area contributed by atoms with Gasteiger partial charge in [0.05, 0.1) is 0 Å². The molecule has 6 nitrogen and oxygen atoms in total. The van der Waals surface area contributed by atoms with Crippen molar-refractivity contribution in [2.45, 2.75) is 44.0 Å². The van der Waals surface area contributed by atoms with Crippen molar-refractivity contribution in [2.24, 2.45) is 11.1 Å². The maximum atomic E-state index is 12.1. The van der Waals surface area contributed by atoms with Crippen LogP contribution < -0.4 is 10.5 Å². The molecule has 1 fully saturated rings. The highest BCUT2D eigenvalue weighted by Crippen LogP contribution is 2.28. The molecule has 0 aliphatic heterocycles. The Morgan fingerprint density at radius 2 is 2.20 bits per heavy atom. The molecule has 1 heterocycles. The minimum absolute atomic E-state index is 0.0245. The molecule has 0 unspecified atom stereocenters. The number of carbonyl (C=O) groups excluding carboxylic acids is 1. The largest absolute Gasteiger partial charge is 0.351 e. The van der Waals surface area contributed by atoms with Gasteiger partial charge in [0.25, 0.3) is 5.91 Å². The summed E-state index contributed by atoms with van der Waals surface area (Å²) in [4.78, 5) is 12.1. The third-order valence-corrected chi connectivity index (χ3v) is 4.72. The molecule has 0 atom stereocenters. The molecule has 2 rings (SSSR count). The number of aromatic nitrogens is 1. The van der Waals surface area contributed by atoms with E-state index in [2.05, 4.69) is 5.32 Å². The minimum atomic E-state index is -3.78. The predicted octanol–water partition coefficient (Wildman–Crippen LogP) is 1.08. The van der Waals surface area contributed by atoms with Gasteiger partial charge in [-0.25, -0.2) is 13.6 Å². The molecule has 3 N–H and O–H groups in total. The van der Waals surface area contributed by atoms with Crippen LogP contribution in [0.2, 0.25) is 0 Å². The molecule has 1 aromatic rings. The number of carbonyl (C=O) groups is 1. The number of nitrogens with zero attached hydrogens (tertiary/aromatic N) is 1. The van der Waals surface area contributed by atoms with Crippen molar-refractivity contribution in [1.82, 2.24) is 9.88 Å². The van der Waals surface area contributed by atoms with E-state index in [9.17, 15) is 13.2 Å². The van der Waals surface area contributed by atoms with Crippen molar-refractivity contribution in [1.29, 1.82) is 0 Å². The number of rotatable bonds is 6. The third-order valence-electron chi connectivity index (χ3n) is 3.84. The predicted molar refractivity (Wildman–Crippen MR) is 75.8 cm³/mol. The van der Waals surface area contributed by atoms with Crippen LogP contribution in [-0.4, -0.2) is 25.4 Å². The number of sulfonamides is 1. The number of nitrogens with two attached hydrogens (primary N) is 1. The van der Waals surface area contributed by atoms with Crippen LogP contribution >= 0.6 is 0 Å². The second-order valence-corrected chi connectivity index (χ2v) is 6.79. The lowest BCUT2D eigenvalue weighted by Crippen LogP contribution is -2.29. The molecule has 0 radical (unpaired) electrons. The van der Waals surface area contributed by atoms with Crippen molar-refractivity contribution < 1.29 is 13.2 Å². The van der Waals surface area contributed by atoms with Crippen molar-refractivity contribution >= 4 is 15.9 Å². The number of nitrogens with one attached hydrogen (secondary N) is 1. The summed E-state index contributed by atoms with van der Waals surface area (Å²) in [7, 11) is -3.78. The average molecular weight is 299 g/mol. The molecule has 0 aromatic carbocycles. The first-order chi connectivity index (χ1) is 9.41. The zero-order valence-electron chi connectivity index (χ0n) is 11.6. The molecule has 0 saturated heterocycles. The van der Waals surface area contributed by atoms with E-state index in [1.807, 2.05) is 6.92 Å². The Bertz CT molecular complexity index is 588. The van der Waals surface area contributed by atoms with Crippen LogP contribution in [0.5, 0.6) is 0 Å². The fourth-order valence-electron chi connectivity index (χ4n) is 2.35. The lowest BCUT2D eigenvalue weighted by atomic mass is 9.83. The molecule has 0 spiro atoms. The number of aryl methyl sites for hydroxylation is 1. The van der Waals surface area contributed by atoms with Gasteiger partial charge in [-0.05, 0) is 25.3 Å². The Morgan fingerprint density at radius 3 is 2.70 bits per heavy atom. The van der Waals surface area contributed by atoms with Gasteiger partial charge in [-0.15, -0.1) is 0 Å². The Hall–Kier alpha value is -1.34. The second kappa shape index (κ2) is 5.97. The molecule has 20 heavy (non-hydrogen) atoms. The normalized spacial score (nSPS) is 15.9. The third kappa shape index (κ3) is 3.40. The Balaban J connectivity index is 2.02. The zero-order chi connectivity index (χ0) is 14.8. The first kappa shape index (κ1) is 15.1. The van der Waals surface area contributed by atoms with Gasteiger partial charge in [0.2, 0.25) is 10.0 Å². The highest BCUT2D eigenvalue weighted by atomic mass is 32.2. The Morgan fingerprint density at radius 1 is 1.50 bits per heavy atom. The molecule has 1 amide bonds. The van der Waals surface area contributed by atoms with Crippen LogP contribution in [0.1, 0.15) is 43.1 Å². The lowest BCUT2D eigenvalue weighted by molar-refractivity contribution is 0.0940. The molecule has 1 aliphatic carbocycles. The van der Waals surface area contributed by atoms with Gasteiger partial charge in [-0.2, -0.15) is 0 Å². The van der Waals surface area contributed by atoms with Gasteiger partial charge in [0, 0.05) is 19.3 Å². The molecule has 1 saturated carbocycles. The smallest absolute Gasteiger partial charge is 0.267 e. The van der Waals surface area contributed by atoms with E-state index >= 15 is 0 Å². The summed E-state index contributed by atoms with van der Waals surface area (Å²) in [5.74, 6) is 0.481. The lowest BCUT2D eigenvalue weighted by Gasteiger charge is -2.25. The zero-order valence-corrected chi connectivity index (χ0v) is 12.4. The van der Waals surface area contributed by atoms with Gasteiger partial charge >= 0.3 is 0 Å². The first-order valence-electron chi connectivity index (χ1n) is 6.93. The van der Waals surface area contributed by atoms with Crippen LogP contribution in [0.4, 0.5) is 0 Å². The molecule has 7 heteroatoms. The highest BCUT2D eigenvalue weighted by Gasteiger charge is 2.20. The molecule has 1 aromatic heterocycles. The van der Waals surface area contributed by atoms with E-state index in [1.165, 1.54) is 31.5 Å². The van der Waals surface area contributed by atoms with E-state index in [-0.39, 0.29) is 10.8 Å². The molecule has 1 aliphatic rings. The SMILES string of the molecule is CCn1cc(S(N)(=O)=O)cc1C(=O)NCCC1CCC1. The maximum Gasteiger partial charge on any atom is 0.267 e. The summed E-state index contributed by atoms with van der Waals surface area (Å²) in [6.07, 6.45) is 6.17. The van der Waals surface area contributed by atoms with Gasteiger partial charge in [0.1, 0.15) is 10.6 Å². The van der Waals surface area contributed by atoms with Crippen LogP contribution in [0.15, 0.2) is 17.2 Å². The fourth-order valence-corrected chi connectivity index (χ4v) is 2.90. The standard InChI is InChI=1S/C13H21N3O3S/c1-2-16-9-11(20(14,18)19)8-12(16)13(17)15-7-6-10-4-3-5-10/h8-10H,2-7H2,1H3,(H,15,17)(H2,14,18,19). The Labute approximate surface area is 119 Å². The average Bonchev–Trinajstić information content (AvgIpc) is 2.75. The van der Waals surface area contributed by atoms with Crippen LogP contribution in [0.25, 0.3) is 0 Å². The summed E-state index contributed by atoms with van der Waals surface area (Å²) in [6.45, 7) is 2.99. The fraction of sp³-hybridized carbons (Fsp3) is 0.615. The van der Waals surface area contributed by atoms with E-state index in [4.69, 9.17) is 5.14 Å². The van der Waals surface area contributed by atoms with E-state index in [1.54, 1.807) is 4.57 Å². The highest BCUT2D eigenvalue weighted by molar-refractivity contribution is 7.89. The molecule has 112 valence electrons. The van der Waals surface area contributed by atoms with E-state index in [0.29, 0.717) is 18.8 Å². The summed E-state index contributed by atoms with van der Waals surface area (Å²) in [5.41, 5.74) is 0.338. The second-order valence-electron chi connectivity index (χ2n) is 5.23. The minimum Gasteiger partial charge on any atom is -0.351 e. The van der Waals surface area contributed by atoms with E-state index < -0.39 is 10.0 Å². The number of amides is 1. The van der Waals surface area contributed by atoms with Crippen molar-refractivity contribution in [3.05, 3.63) is 18.0 Å².